The molecule has 0 fully saturated rings. The maximum Gasteiger partial charge on any atom is 0.159 e. The zero-order chi connectivity index (χ0) is 21.5. The van der Waals surface area contributed by atoms with Crippen LogP contribution in [0.5, 0.6) is 5.75 Å². The third kappa shape index (κ3) is 3.41. The molecule has 1 aliphatic rings. The first-order valence-corrected chi connectivity index (χ1v) is 10.5. The van der Waals surface area contributed by atoms with Crippen molar-refractivity contribution in [1.82, 2.24) is 25.5 Å². The first kappa shape index (κ1) is 19.5. The molecule has 7 heteroatoms. The van der Waals surface area contributed by atoms with E-state index in [0.29, 0.717) is 34.8 Å². The highest BCUT2D eigenvalue weighted by molar-refractivity contribution is 5.95. The molecule has 1 aliphatic heterocycles. The number of H-pyrrole nitrogens is 2. The van der Waals surface area contributed by atoms with Crippen LogP contribution in [0.1, 0.15) is 25.1 Å². The van der Waals surface area contributed by atoms with E-state index in [1.807, 2.05) is 19.2 Å². The number of aromatic amines is 2. The summed E-state index contributed by atoms with van der Waals surface area (Å²) in [5.74, 6) is 0.877. The van der Waals surface area contributed by atoms with E-state index in [9.17, 15) is 5.11 Å². The molecule has 4 aromatic rings. The van der Waals surface area contributed by atoms with Crippen LogP contribution in [0.25, 0.3) is 39.1 Å². The van der Waals surface area contributed by atoms with Crippen molar-refractivity contribution in [2.24, 2.45) is 5.92 Å². The minimum absolute atomic E-state index is 0.176. The summed E-state index contributed by atoms with van der Waals surface area (Å²) in [6.07, 6.45) is 4.74. The highest BCUT2D eigenvalue weighted by atomic mass is 19.1. The molecule has 5 rings (SSSR count). The van der Waals surface area contributed by atoms with Crippen molar-refractivity contribution in [2.45, 2.75) is 20.3 Å². The van der Waals surface area contributed by atoms with Crippen LogP contribution < -0.4 is 5.32 Å². The van der Waals surface area contributed by atoms with Crippen molar-refractivity contribution in [3.63, 3.8) is 0 Å². The molecule has 3 heterocycles. The van der Waals surface area contributed by atoms with Gasteiger partial charge in [-0.15, -0.1) is 0 Å². The summed E-state index contributed by atoms with van der Waals surface area (Å²) in [4.78, 5) is 7.86. The molecule has 0 bridgehead atoms. The Kier molecular flexibility index (Phi) is 4.82. The number of phenolic OH excluding ortho intramolecular Hbond substituents is 1. The van der Waals surface area contributed by atoms with E-state index in [1.54, 1.807) is 24.3 Å². The molecule has 0 spiro atoms. The van der Waals surface area contributed by atoms with E-state index in [1.165, 1.54) is 5.57 Å². The van der Waals surface area contributed by atoms with Crippen LogP contribution in [0.3, 0.4) is 0 Å². The van der Waals surface area contributed by atoms with Crippen molar-refractivity contribution in [3.05, 3.63) is 59.7 Å². The van der Waals surface area contributed by atoms with Crippen LogP contribution in [0.2, 0.25) is 0 Å². The Hall–Kier alpha value is -3.45. The van der Waals surface area contributed by atoms with Gasteiger partial charge in [-0.25, -0.2) is 9.37 Å². The second kappa shape index (κ2) is 7.67. The van der Waals surface area contributed by atoms with Crippen molar-refractivity contribution in [1.29, 1.82) is 0 Å². The number of hydrogen-bond donors (Lipinski definition) is 4. The van der Waals surface area contributed by atoms with Gasteiger partial charge in [-0.3, -0.25) is 5.10 Å². The molecule has 31 heavy (non-hydrogen) atoms. The third-order valence-electron chi connectivity index (χ3n) is 5.85. The van der Waals surface area contributed by atoms with Gasteiger partial charge in [-0.05, 0) is 47.2 Å². The summed E-state index contributed by atoms with van der Waals surface area (Å²) in [5, 5.41) is 21.0. The van der Waals surface area contributed by atoms with Crippen LogP contribution >= 0.6 is 0 Å². The number of hydrogen-bond acceptors (Lipinski definition) is 4. The van der Waals surface area contributed by atoms with E-state index >= 15 is 4.39 Å². The lowest BCUT2D eigenvalue weighted by Gasteiger charge is -2.18. The molecule has 1 unspecified atom stereocenters. The zero-order valence-corrected chi connectivity index (χ0v) is 17.5. The Balaban J connectivity index is 1.56. The van der Waals surface area contributed by atoms with E-state index in [2.05, 4.69) is 38.5 Å². The lowest BCUT2D eigenvalue weighted by Crippen LogP contribution is -2.27. The van der Waals surface area contributed by atoms with E-state index in [0.717, 1.165) is 29.9 Å². The Morgan fingerprint density at radius 1 is 1.19 bits per heavy atom. The average molecular weight is 417 g/mol. The Bertz CT molecular complexity index is 1300. The number of aromatic nitrogens is 4. The average Bonchev–Trinajstić information content (AvgIpc) is 3.42. The van der Waals surface area contributed by atoms with Gasteiger partial charge in [0.15, 0.2) is 11.6 Å². The van der Waals surface area contributed by atoms with Crippen LogP contribution in [-0.2, 0) is 6.42 Å². The summed E-state index contributed by atoms with van der Waals surface area (Å²) in [6, 6.07) is 8.63. The minimum Gasteiger partial charge on any atom is -0.508 e. The predicted octanol–water partition coefficient (Wildman–Crippen LogP) is 4.65. The van der Waals surface area contributed by atoms with Crippen molar-refractivity contribution in [2.75, 3.05) is 13.1 Å². The smallest absolute Gasteiger partial charge is 0.159 e. The number of fused-ring (bicyclic) bond motifs is 1. The van der Waals surface area contributed by atoms with Crippen molar-refractivity contribution < 1.29 is 9.50 Å². The normalized spacial score (nSPS) is 16.6. The molecule has 4 N–H and O–H groups in total. The number of nitrogens with one attached hydrogen (secondary N) is 3. The summed E-state index contributed by atoms with van der Waals surface area (Å²) in [7, 11) is 0. The fourth-order valence-corrected chi connectivity index (χ4v) is 4.26. The van der Waals surface area contributed by atoms with Crippen LogP contribution in [0.4, 0.5) is 4.39 Å². The summed E-state index contributed by atoms with van der Waals surface area (Å²) < 4.78 is 15.4. The molecule has 2 aromatic heterocycles. The number of benzene rings is 2. The summed E-state index contributed by atoms with van der Waals surface area (Å²) in [6.45, 7) is 5.91. The number of nitrogens with zero attached hydrogens (tertiary/aromatic N) is 2. The SMILES string of the molecule is CCc1cc(O)ccc1-c1ccc2c(-c3ncc(C4=CC(C)CNC4)[nH]3)[nH]nc2c1F. The van der Waals surface area contributed by atoms with Gasteiger partial charge in [-0.2, -0.15) is 5.10 Å². The monoisotopic (exact) mass is 417 g/mol. The van der Waals surface area contributed by atoms with E-state index in [4.69, 9.17) is 0 Å². The van der Waals surface area contributed by atoms with Crippen molar-refractivity contribution >= 4 is 16.5 Å². The van der Waals surface area contributed by atoms with E-state index in [-0.39, 0.29) is 17.1 Å². The highest BCUT2D eigenvalue weighted by Gasteiger charge is 2.20. The zero-order valence-electron chi connectivity index (χ0n) is 17.5. The molecule has 0 aliphatic carbocycles. The third-order valence-corrected chi connectivity index (χ3v) is 5.85. The van der Waals surface area contributed by atoms with Crippen LogP contribution in [-0.4, -0.2) is 38.4 Å². The second-order valence-electron chi connectivity index (χ2n) is 8.06. The molecule has 0 saturated heterocycles. The number of rotatable bonds is 4. The summed E-state index contributed by atoms with van der Waals surface area (Å²) in [5.41, 5.74) is 5.16. The Morgan fingerprint density at radius 3 is 2.84 bits per heavy atom. The number of imidazole rings is 1. The fourth-order valence-electron chi connectivity index (χ4n) is 4.26. The van der Waals surface area contributed by atoms with Crippen molar-refractivity contribution in [3.8, 4) is 28.4 Å². The first-order chi connectivity index (χ1) is 15.0. The Labute approximate surface area is 179 Å². The molecule has 2 aromatic carbocycles. The van der Waals surface area contributed by atoms with Gasteiger partial charge in [0, 0.05) is 24.0 Å². The fraction of sp³-hybridized carbons (Fsp3) is 0.250. The second-order valence-corrected chi connectivity index (χ2v) is 8.06. The Morgan fingerprint density at radius 2 is 2.03 bits per heavy atom. The molecule has 6 nitrogen and oxygen atoms in total. The maximum atomic E-state index is 15.4. The van der Waals surface area contributed by atoms with Gasteiger partial charge in [0.2, 0.25) is 0 Å². The predicted molar refractivity (Wildman–Crippen MR) is 120 cm³/mol. The minimum atomic E-state index is -0.389. The lowest BCUT2D eigenvalue weighted by molar-refractivity contribution is 0.474. The molecular weight excluding hydrogens is 393 g/mol. The van der Waals surface area contributed by atoms with Gasteiger partial charge < -0.3 is 15.4 Å². The number of halogens is 1. The van der Waals surface area contributed by atoms with Gasteiger partial charge in [0.25, 0.3) is 0 Å². The number of phenols is 1. The topological polar surface area (TPSA) is 89.6 Å². The molecular formula is C24H24FN5O. The first-order valence-electron chi connectivity index (χ1n) is 10.5. The molecule has 158 valence electrons. The van der Waals surface area contributed by atoms with E-state index < -0.39 is 0 Å². The summed E-state index contributed by atoms with van der Waals surface area (Å²) >= 11 is 0. The maximum absolute atomic E-state index is 15.4. The standard InChI is InChI=1S/C24H24FN5O/c1-3-14-9-16(31)4-5-17(14)18-6-7-19-22(21(18)25)29-30-23(19)24-27-12-20(28-24)15-8-13(2)10-26-11-15/h4-9,12-13,26,31H,3,10-11H2,1-2H3,(H,27,28)(H,29,30). The van der Waals surface area contributed by atoms with Crippen LogP contribution in [0.15, 0.2) is 42.6 Å². The van der Waals surface area contributed by atoms with Crippen LogP contribution in [0, 0.1) is 11.7 Å². The van der Waals surface area contributed by atoms with Gasteiger partial charge in [0.05, 0.1) is 11.9 Å². The lowest BCUT2D eigenvalue weighted by atomic mass is 9.96. The molecule has 0 saturated carbocycles. The quantitative estimate of drug-likeness (QED) is 0.389. The largest absolute Gasteiger partial charge is 0.508 e. The van der Waals surface area contributed by atoms with Gasteiger partial charge in [0.1, 0.15) is 17.0 Å². The van der Waals surface area contributed by atoms with Gasteiger partial charge in [-0.1, -0.05) is 32.1 Å². The molecule has 0 radical (unpaired) electrons. The number of aryl methyl sites for hydroxylation is 1. The molecule has 0 amide bonds. The number of aromatic hydroxyl groups is 1. The highest BCUT2D eigenvalue weighted by Crippen LogP contribution is 2.35. The molecule has 1 atom stereocenters. The van der Waals surface area contributed by atoms with Gasteiger partial charge >= 0.3 is 0 Å².